The Bertz CT molecular complexity index is 774. The molecule has 2 amide bonds. The van der Waals surface area contributed by atoms with Gasteiger partial charge in [0.1, 0.15) is 6.10 Å². The highest BCUT2D eigenvalue weighted by Gasteiger charge is 2.68. The minimum Gasteiger partial charge on any atom is -0.331 e. The molecule has 2 heterocycles. The number of carbonyl (C=O) groups excluding carboxylic acids is 2. The highest BCUT2D eigenvalue weighted by atomic mass is 16.6. The van der Waals surface area contributed by atoms with E-state index in [1.54, 1.807) is 31.3 Å². The minimum absolute atomic E-state index is 0.229. The molecule has 0 bridgehead atoms. The largest absolute Gasteiger partial charge is 0.331 e. The van der Waals surface area contributed by atoms with Crippen molar-refractivity contribution < 1.29 is 14.3 Å². The Kier molecular flexibility index (Phi) is 2.62. The fraction of sp³-hybridized carbons (Fsp3) is 0.176. The number of hydrogen-bond acceptors (Lipinski definition) is 3. The maximum atomic E-state index is 12.7. The third kappa shape index (κ3) is 1.63. The maximum absolute atomic E-state index is 12.7. The minimum atomic E-state index is -1.27. The van der Waals surface area contributed by atoms with E-state index < -0.39 is 11.8 Å². The summed E-state index contributed by atoms with van der Waals surface area (Å²) in [6.45, 7) is 0. The van der Waals surface area contributed by atoms with Crippen molar-refractivity contribution in [2.24, 2.45) is 0 Å². The van der Waals surface area contributed by atoms with E-state index in [0.717, 1.165) is 5.56 Å². The van der Waals surface area contributed by atoms with E-state index in [9.17, 15) is 9.59 Å². The Morgan fingerprint density at radius 3 is 2.50 bits per heavy atom. The third-order valence-electron chi connectivity index (χ3n) is 4.23. The first-order valence-electron chi connectivity index (χ1n) is 7.06. The number of ether oxygens (including phenoxy) is 1. The van der Waals surface area contributed by atoms with Crippen LogP contribution in [0.15, 0.2) is 54.6 Å². The second-order valence-corrected chi connectivity index (χ2v) is 5.47. The molecule has 1 saturated heterocycles. The molecule has 0 radical (unpaired) electrons. The number of benzene rings is 2. The van der Waals surface area contributed by atoms with Crippen molar-refractivity contribution in [1.82, 2.24) is 4.90 Å². The number of amides is 2. The van der Waals surface area contributed by atoms with Crippen molar-refractivity contribution in [3.63, 3.8) is 0 Å². The van der Waals surface area contributed by atoms with E-state index >= 15 is 0 Å². The molecule has 2 atom stereocenters. The molecule has 4 rings (SSSR count). The maximum Gasteiger partial charge on any atom is 0.281 e. The van der Waals surface area contributed by atoms with Gasteiger partial charge in [-0.2, -0.15) is 0 Å². The van der Waals surface area contributed by atoms with Gasteiger partial charge in [0.2, 0.25) is 0 Å². The number of nitrogens with one attached hydrogen (secondary N) is 1. The summed E-state index contributed by atoms with van der Waals surface area (Å²) in [4.78, 5) is 26.7. The molecule has 1 spiro atoms. The fourth-order valence-electron chi connectivity index (χ4n) is 2.97. The van der Waals surface area contributed by atoms with Crippen LogP contribution in [-0.2, 0) is 9.53 Å². The summed E-state index contributed by atoms with van der Waals surface area (Å²) in [6, 6.07) is 16.4. The van der Waals surface area contributed by atoms with Gasteiger partial charge in [-0.1, -0.05) is 42.5 Å². The van der Waals surface area contributed by atoms with E-state index in [1.165, 1.54) is 4.90 Å². The second kappa shape index (κ2) is 4.42. The zero-order chi connectivity index (χ0) is 15.3. The summed E-state index contributed by atoms with van der Waals surface area (Å²) in [5, 5.41) is 2.81. The Hall–Kier alpha value is -2.66. The Morgan fingerprint density at radius 1 is 1.05 bits per heavy atom. The first kappa shape index (κ1) is 13.0. The van der Waals surface area contributed by atoms with Crippen LogP contribution in [0.1, 0.15) is 22.0 Å². The molecule has 2 aliphatic heterocycles. The van der Waals surface area contributed by atoms with Crippen LogP contribution in [0, 0.1) is 0 Å². The molecule has 2 aromatic carbocycles. The van der Waals surface area contributed by atoms with Gasteiger partial charge in [-0.05, 0) is 17.7 Å². The van der Waals surface area contributed by atoms with Crippen LogP contribution in [0.3, 0.4) is 0 Å². The molecule has 1 fully saturated rings. The number of likely N-dealkylation sites (N-methyl/N-ethyl adjacent to an activating group) is 1. The summed E-state index contributed by atoms with van der Waals surface area (Å²) in [7, 11) is 1.60. The fourth-order valence-corrected chi connectivity index (χ4v) is 2.97. The number of epoxide rings is 1. The topological polar surface area (TPSA) is 61.9 Å². The van der Waals surface area contributed by atoms with E-state index in [0.29, 0.717) is 11.3 Å². The van der Waals surface area contributed by atoms with Crippen molar-refractivity contribution in [1.29, 1.82) is 0 Å². The van der Waals surface area contributed by atoms with E-state index in [1.807, 2.05) is 30.3 Å². The predicted molar refractivity (Wildman–Crippen MR) is 80.2 cm³/mol. The van der Waals surface area contributed by atoms with Crippen LogP contribution in [0.2, 0.25) is 0 Å². The monoisotopic (exact) mass is 294 g/mol. The molecule has 1 N–H and O–H groups in total. The molecule has 0 aromatic heterocycles. The third-order valence-corrected chi connectivity index (χ3v) is 4.23. The lowest BCUT2D eigenvalue weighted by Gasteiger charge is -2.21. The zero-order valence-corrected chi connectivity index (χ0v) is 11.9. The first-order valence-corrected chi connectivity index (χ1v) is 7.06. The Balaban J connectivity index is 1.77. The summed E-state index contributed by atoms with van der Waals surface area (Å²) in [5.41, 5.74) is 0.599. The van der Waals surface area contributed by atoms with E-state index in [4.69, 9.17) is 4.74 Å². The van der Waals surface area contributed by atoms with Gasteiger partial charge in [0.05, 0.1) is 11.3 Å². The highest BCUT2D eigenvalue weighted by molar-refractivity contribution is 6.12. The highest BCUT2D eigenvalue weighted by Crippen LogP contribution is 2.53. The molecule has 0 aliphatic carbocycles. The van der Waals surface area contributed by atoms with E-state index in [-0.39, 0.29) is 11.8 Å². The van der Waals surface area contributed by atoms with Crippen LogP contribution in [0.4, 0.5) is 5.69 Å². The van der Waals surface area contributed by atoms with Gasteiger partial charge in [0.15, 0.2) is 0 Å². The van der Waals surface area contributed by atoms with Gasteiger partial charge in [-0.3, -0.25) is 9.59 Å². The van der Waals surface area contributed by atoms with Gasteiger partial charge < -0.3 is 15.0 Å². The summed E-state index contributed by atoms with van der Waals surface area (Å²) in [6.07, 6.45) is -0.447. The molecule has 0 saturated carbocycles. The lowest BCUT2D eigenvalue weighted by molar-refractivity contribution is -0.125. The molecule has 110 valence electrons. The Morgan fingerprint density at radius 2 is 1.73 bits per heavy atom. The molecule has 2 aromatic rings. The SMILES string of the molecule is CN1C(=O)c2ccccc2NC(=O)[C@]12O[C@@H]2c1ccccc1. The van der Waals surface area contributed by atoms with Crippen molar-refractivity contribution >= 4 is 17.5 Å². The number of rotatable bonds is 1. The number of hydrogen-bond donors (Lipinski definition) is 1. The molecule has 5 nitrogen and oxygen atoms in total. The van der Waals surface area contributed by atoms with Gasteiger partial charge in [0, 0.05) is 7.05 Å². The van der Waals surface area contributed by atoms with Gasteiger partial charge >= 0.3 is 0 Å². The predicted octanol–water partition coefficient (Wildman–Crippen LogP) is 2.18. The standard InChI is InChI=1S/C17H14N2O3/c1-19-15(20)12-9-5-6-10-13(12)18-16(21)17(19)14(22-17)11-7-3-2-4-8-11/h2-10,14H,1H3,(H,18,21)/t14-,17+/m1/s1. The van der Waals surface area contributed by atoms with Crippen LogP contribution >= 0.6 is 0 Å². The second-order valence-electron chi connectivity index (χ2n) is 5.47. The van der Waals surface area contributed by atoms with Gasteiger partial charge in [-0.25, -0.2) is 0 Å². The molecule has 0 unspecified atom stereocenters. The van der Waals surface area contributed by atoms with Crippen molar-refractivity contribution in [2.75, 3.05) is 12.4 Å². The Labute approximate surface area is 127 Å². The first-order chi connectivity index (χ1) is 10.6. The molecular weight excluding hydrogens is 280 g/mol. The summed E-state index contributed by atoms with van der Waals surface area (Å²) in [5.74, 6) is -0.547. The number of nitrogens with zero attached hydrogens (tertiary/aromatic N) is 1. The smallest absolute Gasteiger partial charge is 0.281 e. The van der Waals surface area contributed by atoms with Crippen LogP contribution < -0.4 is 5.32 Å². The molecular formula is C17H14N2O3. The number of carbonyl (C=O) groups is 2. The summed E-state index contributed by atoms with van der Waals surface area (Å²) < 4.78 is 5.73. The quantitative estimate of drug-likeness (QED) is 0.820. The normalized spacial score (nSPS) is 26.4. The van der Waals surface area contributed by atoms with Crippen LogP contribution in [0.5, 0.6) is 0 Å². The lowest BCUT2D eigenvalue weighted by Crippen LogP contribution is -2.46. The van der Waals surface area contributed by atoms with Crippen LogP contribution in [-0.4, -0.2) is 29.5 Å². The van der Waals surface area contributed by atoms with Gasteiger partial charge in [0.25, 0.3) is 17.5 Å². The van der Waals surface area contributed by atoms with Crippen molar-refractivity contribution in [3.05, 3.63) is 65.7 Å². The average Bonchev–Trinajstić information content (AvgIpc) is 3.32. The number of para-hydroxylation sites is 1. The van der Waals surface area contributed by atoms with Crippen molar-refractivity contribution in [2.45, 2.75) is 11.8 Å². The average molecular weight is 294 g/mol. The molecule has 2 aliphatic rings. The summed E-state index contributed by atoms with van der Waals surface area (Å²) >= 11 is 0. The number of anilines is 1. The van der Waals surface area contributed by atoms with E-state index in [2.05, 4.69) is 5.32 Å². The molecule has 22 heavy (non-hydrogen) atoms. The number of fused-ring (bicyclic) bond motifs is 1. The lowest BCUT2D eigenvalue weighted by atomic mass is 10.0. The zero-order valence-electron chi connectivity index (χ0n) is 11.9. The molecule has 5 heteroatoms. The van der Waals surface area contributed by atoms with Crippen molar-refractivity contribution in [3.8, 4) is 0 Å². The van der Waals surface area contributed by atoms with Gasteiger partial charge in [-0.15, -0.1) is 0 Å². The van der Waals surface area contributed by atoms with Crippen LogP contribution in [0.25, 0.3) is 0 Å².